The van der Waals surface area contributed by atoms with Crippen molar-refractivity contribution in [3.05, 3.63) is 71.3 Å². The minimum atomic E-state index is 0.706. The van der Waals surface area contributed by atoms with Crippen molar-refractivity contribution in [2.24, 2.45) is 0 Å². The van der Waals surface area contributed by atoms with Gasteiger partial charge in [0, 0.05) is 37.6 Å². The predicted octanol–water partition coefficient (Wildman–Crippen LogP) is 3.78. The molecule has 0 bridgehead atoms. The van der Waals surface area contributed by atoms with Crippen LogP contribution in [0, 0.1) is 0 Å². The minimum Gasteiger partial charge on any atom is -0.457 e. The first-order valence-electron chi connectivity index (χ1n) is 8.38. The fourth-order valence-electron chi connectivity index (χ4n) is 3.04. The molecule has 0 unspecified atom stereocenters. The van der Waals surface area contributed by atoms with Gasteiger partial charge < -0.3 is 9.30 Å². The van der Waals surface area contributed by atoms with Crippen LogP contribution in [0.2, 0.25) is 5.02 Å². The smallest absolute Gasteiger partial charge is 0.134 e. The Morgan fingerprint density at radius 2 is 1.88 bits per heavy atom. The number of hydrogen-bond donors (Lipinski definition) is 0. The molecule has 2 heterocycles. The highest BCUT2D eigenvalue weighted by Gasteiger charge is 2.15. The third-order valence-electron chi connectivity index (χ3n) is 4.36. The van der Waals surface area contributed by atoms with Gasteiger partial charge in [-0.05, 0) is 42.0 Å². The number of aromatic nitrogens is 3. The van der Waals surface area contributed by atoms with Crippen molar-refractivity contribution in [1.29, 1.82) is 0 Å². The first-order valence-corrected chi connectivity index (χ1v) is 8.75. The van der Waals surface area contributed by atoms with E-state index in [0.717, 1.165) is 49.9 Å². The monoisotopic (exact) mass is 354 g/mol. The van der Waals surface area contributed by atoms with Gasteiger partial charge in [-0.1, -0.05) is 23.7 Å². The summed E-state index contributed by atoms with van der Waals surface area (Å²) in [6, 6.07) is 15.7. The Balaban J connectivity index is 1.41. The van der Waals surface area contributed by atoms with Crippen molar-refractivity contribution < 1.29 is 4.74 Å². The molecular weight excluding hydrogens is 336 g/mol. The summed E-state index contributed by atoms with van der Waals surface area (Å²) < 4.78 is 8.07. The first-order chi connectivity index (χ1) is 12.3. The van der Waals surface area contributed by atoms with Gasteiger partial charge in [0.1, 0.15) is 23.7 Å². The Bertz CT molecular complexity index is 824. The summed E-state index contributed by atoms with van der Waals surface area (Å²) in [7, 11) is 0. The zero-order valence-electron chi connectivity index (χ0n) is 13.8. The molecule has 0 N–H and O–H groups in total. The largest absolute Gasteiger partial charge is 0.457 e. The lowest BCUT2D eigenvalue weighted by atomic mass is 10.2. The van der Waals surface area contributed by atoms with E-state index < -0.39 is 0 Å². The van der Waals surface area contributed by atoms with E-state index in [0.29, 0.717) is 5.02 Å². The SMILES string of the molecule is Clc1ccc(Oc2cccc(CN3CCc4nncn4CC3)c2)cc1. The maximum absolute atomic E-state index is 5.93. The van der Waals surface area contributed by atoms with Gasteiger partial charge >= 0.3 is 0 Å². The van der Waals surface area contributed by atoms with Gasteiger partial charge in [0.2, 0.25) is 0 Å². The van der Waals surface area contributed by atoms with Gasteiger partial charge in [0.15, 0.2) is 0 Å². The molecule has 1 aliphatic rings. The lowest BCUT2D eigenvalue weighted by Gasteiger charge is -2.19. The van der Waals surface area contributed by atoms with E-state index in [1.807, 2.05) is 42.7 Å². The van der Waals surface area contributed by atoms with E-state index in [2.05, 4.69) is 31.8 Å². The van der Waals surface area contributed by atoms with E-state index in [9.17, 15) is 0 Å². The molecule has 0 spiro atoms. The Morgan fingerprint density at radius 1 is 1.00 bits per heavy atom. The summed E-state index contributed by atoms with van der Waals surface area (Å²) in [4.78, 5) is 2.44. The highest BCUT2D eigenvalue weighted by Crippen LogP contribution is 2.24. The molecule has 128 valence electrons. The van der Waals surface area contributed by atoms with Crippen LogP contribution in [0.25, 0.3) is 0 Å². The van der Waals surface area contributed by atoms with Crippen LogP contribution in [-0.4, -0.2) is 32.8 Å². The fourth-order valence-corrected chi connectivity index (χ4v) is 3.17. The number of hydrogen-bond acceptors (Lipinski definition) is 4. The van der Waals surface area contributed by atoms with E-state index >= 15 is 0 Å². The van der Waals surface area contributed by atoms with Crippen LogP contribution < -0.4 is 4.74 Å². The fraction of sp³-hybridized carbons (Fsp3) is 0.263. The summed E-state index contributed by atoms with van der Waals surface area (Å²) in [6.45, 7) is 3.81. The molecule has 1 aromatic heterocycles. The molecule has 0 radical (unpaired) electrons. The van der Waals surface area contributed by atoms with Crippen LogP contribution in [0.5, 0.6) is 11.5 Å². The Labute approximate surface area is 151 Å². The topological polar surface area (TPSA) is 43.2 Å². The van der Waals surface area contributed by atoms with Crippen LogP contribution in [0.3, 0.4) is 0 Å². The second-order valence-electron chi connectivity index (χ2n) is 6.17. The molecule has 0 saturated carbocycles. The van der Waals surface area contributed by atoms with Crippen molar-refractivity contribution in [3.8, 4) is 11.5 Å². The highest BCUT2D eigenvalue weighted by atomic mass is 35.5. The van der Waals surface area contributed by atoms with Crippen LogP contribution in [0.15, 0.2) is 54.9 Å². The lowest BCUT2D eigenvalue weighted by Crippen LogP contribution is -2.26. The van der Waals surface area contributed by atoms with Gasteiger partial charge in [0.05, 0.1) is 0 Å². The summed E-state index contributed by atoms with van der Waals surface area (Å²) in [5.74, 6) is 2.70. The molecule has 1 aliphatic heterocycles. The van der Waals surface area contributed by atoms with Gasteiger partial charge in [-0.15, -0.1) is 10.2 Å². The number of halogens is 1. The highest BCUT2D eigenvalue weighted by molar-refractivity contribution is 6.30. The molecule has 3 aromatic rings. The summed E-state index contributed by atoms with van der Waals surface area (Å²) in [5, 5.41) is 8.87. The number of benzene rings is 2. The van der Waals surface area contributed by atoms with Crippen LogP contribution in [0.1, 0.15) is 11.4 Å². The first kappa shape index (κ1) is 16.1. The Morgan fingerprint density at radius 3 is 2.76 bits per heavy atom. The van der Waals surface area contributed by atoms with Crippen molar-refractivity contribution in [2.75, 3.05) is 13.1 Å². The number of fused-ring (bicyclic) bond motifs is 1. The molecule has 6 heteroatoms. The average Bonchev–Trinajstić information content (AvgIpc) is 2.99. The van der Waals surface area contributed by atoms with Crippen molar-refractivity contribution in [2.45, 2.75) is 19.5 Å². The standard InChI is InChI=1S/C19H19ClN4O/c20-16-4-6-17(7-5-16)25-18-3-1-2-15(12-18)13-23-9-8-19-22-21-14-24(19)11-10-23/h1-7,12,14H,8-11,13H2. The van der Waals surface area contributed by atoms with Crippen molar-refractivity contribution in [3.63, 3.8) is 0 Å². The molecule has 0 aliphatic carbocycles. The number of rotatable bonds is 4. The third-order valence-corrected chi connectivity index (χ3v) is 4.61. The van der Waals surface area contributed by atoms with E-state index in [1.54, 1.807) is 0 Å². The molecule has 5 nitrogen and oxygen atoms in total. The molecule has 2 aromatic carbocycles. The van der Waals surface area contributed by atoms with Crippen molar-refractivity contribution in [1.82, 2.24) is 19.7 Å². The molecule has 25 heavy (non-hydrogen) atoms. The normalized spacial score (nSPS) is 14.8. The molecule has 0 atom stereocenters. The summed E-state index contributed by atoms with van der Waals surface area (Å²) in [5.41, 5.74) is 1.24. The minimum absolute atomic E-state index is 0.706. The second kappa shape index (κ2) is 7.25. The van der Waals surface area contributed by atoms with E-state index in [-0.39, 0.29) is 0 Å². The quantitative estimate of drug-likeness (QED) is 0.715. The van der Waals surface area contributed by atoms with Gasteiger partial charge in [-0.2, -0.15) is 0 Å². The van der Waals surface area contributed by atoms with Gasteiger partial charge in [-0.3, -0.25) is 4.90 Å². The molecule has 0 saturated heterocycles. The summed E-state index contributed by atoms with van der Waals surface area (Å²) >= 11 is 5.92. The third kappa shape index (κ3) is 4.00. The summed E-state index contributed by atoms with van der Waals surface area (Å²) in [6.07, 6.45) is 2.75. The van der Waals surface area contributed by atoms with Gasteiger partial charge in [0.25, 0.3) is 0 Å². The molecule has 0 amide bonds. The maximum Gasteiger partial charge on any atom is 0.134 e. The average molecular weight is 355 g/mol. The predicted molar refractivity (Wildman–Crippen MR) is 97.0 cm³/mol. The number of ether oxygens (including phenoxy) is 1. The van der Waals surface area contributed by atoms with E-state index in [4.69, 9.17) is 16.3 Å². The molecule has 4 rings (SSSR count). The molecule has 0 fully saturated rings. The Hall–Kier alpha value is -2.37. The Kier molecular flexibility index (Phi) is 4.68. The van der Waals surface area contributed by atoms with Crippen molar-refractivity contribution >= 4 is 11.6 Å². The van der Waals surface area contributed by atoms with E-state index in [1.165, 1.54) is 5.56 Å². The lowest BCUT2D eigenvalue weighted by molar-refractivity contribution is 0.271. The van der Waals surface area contributed by atoms with Crippen LogP contribution >= 0.6 is 11.6 Å². The second-order valence-corrected chi connectivity index (χ2v) is 6.61. The zero-order valence-corrected chi connectivity index (χ0v) is 14.6. The number of nitrogens with zero attached hydrogens (tertiary/aromatic N) is 4. The van der Waals surface area contributed by atoms with Crippen LogP contribution in [0.4, 0.5) is 0 Å². The van der Waals surface area contributed by atoms with Crippen LogP contribution in [-0.2, 0) is 19.5 Å². The van der Waals surface area contributed by atoms with Gasteiger partial charge in [-0.25, -0.2) is 0 Å². The zero-order chi connectivity index (χ0) is 17.1. The molecular formula is C19H19ClN4O. The maximum atomic E-state index is 5.93.